The van der Waals surface area contributed by atoms with E-state index in [0.717, 1.165) is 6.42 Å². The molecular formula is C51H65N5O12. The number of aliphatic hydroxyl groups excluding tert-OH is 4. The fraction of sp³-hybridized carbons (Fsp3) is 0.510. The second-order valence-corrected chi connectivity index (χ2v) is 19.0. The molecule has 8 rings (SSSR count). The van der Waals surface area contributed by atoms with E-state index in [9.17, 15) is 39.9 Å². The summed E-state index contributed by atoms with van der Waals surface area (Å²) in [7, 11) is 3.08. The zero-order valence-electron chi connectivity index (χ0n) is 40.4. The number of fused-ring (bicyclic) bond motifs is 14. The van der Waals surface area contributed by atoms with E-state index in [1.54, 1.807) is 64.5 Å². The van der Waals surface area contributed by atoms with Gasteiger partial charge in [0.25, 0.3) is 5.91 Å². The minimum absolute atomic E-state index is 0.000912. The van der Waals surface area contributed by atoms with Crippen LogP contribution in [0.15, 0.2) is 57.9 Å². The molecule has 5 bridgehead atoms. The lowest BCUT2D eigenvalue weighted by atomic mass is 9.78. The third-order valence-electron chi connectivity index (χ3n) is 14.4. The Morgan fingerprint density at radius 2 is 1.62 bits per heavy atom. The molecule has 0 radical (unpaired) electrons. The predicted octanol–water partition coefficient (Wildman–Crippen LogP) is 4.62. The molecule has 366 valence electrons. The molecule has 3 aromatic carbocycles. The second kappa shape index (κ2) is 19.5. The molecule has 1 aromatic heterocycles. The van der Waals surface area contributed by atoms with Crippen molar-refractivity contribution in [2.75, 3.05) is 30.4 Å². The van der Waals surface area contributed by atoms with Gasteiger partial charge in [-0.3, -0.25) is 19.2 Å². The van der Waals surface area contributed by atoms with Gasteiger partial charge in [0.05, 0.1) is 57.8 Å². The first-order valence-corrected chi connectivity index (χ1v) is 23.4. The maximum Gasteiger partial charge on any atom is 0.307 e. The first-order chi connectivity index (χ1) is 32.1. The lowest BCUT2D eigenvalue weighted by Crippen LogP contribution is -2.44. The Labute approximate surface area is 394 Å². The van der Waals surface area contributed by atoms with Crippen LogP contribution in [0.1, 0.15) is 79.7 Å². The number of allylic oxidation sites excluding steroid dienone is 2. The number of phenolic OH excluding ortho intramolecular Hbond substituents is 1. The van der Waals surface area contributed by atoms with E-state index in [4.69, 9.17) is 19.2 Å². The molecule has 68 heavy (non-hydrogen) atoms. The monoisotopic (exact) mass is 939 g/mol. The molecule has 1 fully saturated rings. The van der Waals surface area contributed by atoms with Gasteiger partial charge in [0.2, 0.25) is 16.8 Å². The first-order valence-electron chi connectivity index (χ1n) is 23.4. The van der Waals surface area contributed by atoms with Crippen LogP contribution in [0.5, 0.6) is 11.5 Å². The van der Waals surface area contributed by atoms with Crippen LogP contribution in [-0.4, -0.2) is 103 Å². The Morgan fingerprint density at radius 3 is 2.28 bits per heavy atom. The highest BCUT2D eigenvalue weighted by atomic mass is 16.7. The molecule has 5 heterocycles. The minimum Gasteiger partial charge on any atom is -0.507 e. The highest BCUT2D eigenvalue weighted by Crippen LogP contribution is 2.42. The maximum absolute atomic E-state index is 15.0. The highest BCUT2D eigenvalue weighted by molar-refractivity contribution is 6.18. The number of amides is 2. The van der Waals surface area contributed by atoms with Gasteiger partial charge < -0.3 is 59.8 Å². The predicted molar refractivity (Wildman–Crippen MR) is 260 cm³/mol. The molecule has 0 aliphatic carbocycles. The SMILES string of the molecule is CCCC(=O)NC1CCN(c2cc(=O)c3nc4c5c6c7c(C)c(O)c5c(=O)c(c4n(C)c3c2)NC(=O)/C(C)=C\C=C\[C@H](C)[C@H](O)[C@@H](C)[C@@H](O)[C@@H](C)[C@H](O)[C@H](C)[C@@H](OC)/C=C/O[C@@](C)(O7)C=6O)CC1. The molecule has 9 atom stereocenters. The van der Waals surface area contributed by atoms with Crippen molar-refractivity contribution in [1.82, 2.24) is 14.9 Å². The van der Waals surface area contributed by atoms with Crippen LogP contribution >= 0.6 is 0 Å². The second-order valence-electron chi connectivity index (χ2n) is 19.0. The fourth-order valence-corrected chi connectivity index (χ4v) is 9.92. The summed E-state index contributed by atoms with van der Waals surface area (Å²) in [6.45, 7) is 14.4. The van der Waals surface area contributed by atoms with Crippen molar-refractivity contribution in [3.8, 4) is 11.5 Å². The van der Waals surface area contributed by atoms with Crippen LogP contribution in [0.25, 0.3) is 38.6 Å². The molecule has 1 saturated heterocycles. The molecule has 0 saturated carbocycles. The number of nitrogens with one attached hydrogen (secondary N) is 2. The quantitative estimate of drug-likeness (QED) is 0.107. The number of aromatic hydroxyl groups is 1. The number of hydrogen-bond acceptors (Lipinski definition) is 14. The minimum atomic E-state index is -1.95. The molecule has 4 aliphatic heterocycles. The number of carbonyl (C=O) groups is 2. The normalized spacial score (nSPS) is 29.4. The molecule has 4 aromatic rings. The number of ether oxygens (including phenoxy) is 3. The molecule has 2 amide bonds. The average molecular weight is 940 g/mol. The van der Waals surface area contributed by atoms with Crippen molar-refractivity contribution in [2.45, 2.75) is 117 Å². The summed E-state index contributed by atoms with van der Waals surface area (Å²) in [5.41, 5.74) is -0.225. The molecule has 0 spiro atoms. The fourth-order valence-electron chi connectivity index (χ4n) is 9.92. The maximum atomic E-state index is 15.0. The van der Waals surface area contributed by atoms with Gasteiger partial charge in [0, 0.05) is 98.6 Å². The number of carbonyl (C=O) groups excluding carboxylic acids is 2. The Balaban J connectivity index is 1.46. The van der Waals surface area contributed by atoms with Crippen LogP contribution < -0.4 is 36.3 Å². The summed E-state index contributed by atoms with van der Waals surface area (Å²) in [6, 6.07) is 3.28. The number of phenols is 1. The van der Waals surface area contributed by atoms with Crippen molar-refractivity contribution in [1.29, 1.82) is 0 Å². The summed E-state index contributed by atoms with van der Waals surface area (Å²) in [6.07, 6.45) is 6.04. The van der Waals surface area contributed by atoms with E-state index in [0.29, 0.717) is 43.6 Å². The average Bonchev–Trinajstić information content (AvgIpc) is 3.58. The van der Waals surface area contributed by atoms with Crippen LogP contribution in [-0.2, 0) is 26.1 Å². The van der Waals surface area contributed by atoms with Gasteiger partial charge in [0.15, 0.2) is 5.76 Å². The zero-order chi connectivity index (χ0) is 49.7. The third kappa shape index (κ3) is 8.92. The van der Waals surface area contributed by atoms with E-state index in [-0.39, 0.29) is 67.1 Å². The molecule has 7 N–H and O–H groups in total. The molecule has 17 heteroatoms. The summed E-state index contributed by atoms with van der Waals surface area (Å²) in [4.78, 5) is 62.7. The van der Waals surface area contributed by atoms with E-state index in [1.807, 2.05) is 6.92 Å². The Kier molecular flexibility index (Phi) is 14.3. The molecular weight excluding hydrogens is 875 g/mol. The van der Waals surface area contributed by atoms with Crippen LogP contribution in [0.4, 0.5) is 11.4 Å². The molecule has 0 unspecified atom stereocenters. The lowest BCUT2D eigenvalue weighted by Gasteiger charge is -2.36. The number of nitrogens with zero attached hydrogens (tertiary/aromatic N) is 3. The standard InChI is InChI=1S/C51H65N5O12/c1-11-13-35(58)52-30-16-19-56(20-17-30)31-22-32-39(33(57)23-31)53-40-36-37-46(62)29(7)48-38(36)49(64)51(8,68-48)67-21-18-34(66-10)26(4)44(60)28(6)45(61)27(5)43(59)24(2)14-12-15-25(3)50(65)54-41(47(37)63)42(40)55(32)9/h12,14-15,18,21-24,26-28,30,34,43-45,59-62,64H,11,13,16-17,19-20H2,1-10H3,(H,52,58)(H,54,65)/b14-12+,21-18+,25-15-/t24-,26+,27+,28-,34-,43-,44+,45+,51-/m0/s1. The van der Waals surface area contributed by atoms with Gasteiger partial charge in [-0.2, -0.15) is 0 Å². The van der Waals surface area contributed by atoms with Gasteiger partial charge in [-0.15, -0.1) is 0 Å². The Hall–Kier alpha value is -6.01. The van der Waals surface area contributed by atoms with Gasteiger partial charge in [0.1, 0.15) is 22.7 Å². The Morgan fingerprint density at radius 1 is 0.956 bits per heavy atom. The number of aryl methyl sites for hydroxylation is 1. The van der Waals surface area contributed by atoms with E-state index in [1.165, 1.54) is 45.4 Å². The van der Waals surface area contributed by atoms with Crippen molar-refractivity contribution < 1.29 is 49.3 Å². The van der Waals surface area contributed by atoms with E-state index >= 15 is 4.79 Å². The van der Waals surface area contributed by atoms with Crippen molar-refractivity contribution in [2.24, 2.45) is 30.7 Å². The number of anilines is 2. The third-order valence-corrected chi connectivity index (χ3v) is 14.4. The smallest absolute Gasteiger partial charge is 0.307 e. The zero-order valence-corrected chi connectivity index (χ0v) is 40.4. The largest absolute Gasteiger partial charge is 0.507 e. The number of methoxy groups -OCH3 is 1. The lowest BCUT2D eigenvalue weighted by molar-refractivity contribution is -0.122. The number of benzene rings is 3. The van der Waals surface area contributed by atoms with Crippen molar-refractivity contribution >= 4 is 61.8 Å². The van der Waals surface area contributed by atoms with Crippen LogP contribution in [0.2, 0.25) is 0 Å². The molecule has 4 aliphatic rings. The van der Waals surface area contributed by atoms with Crippen LogP contribution in [0, 0.1) is 30.6 Å². The van der Waals surface area contributed by atoms with Crippen molar-refractivity contribution in [3.63, 3.8) is 0 Å². The molecule has 17 nitrogen and oxygen atoms in total. The summed E-state index contributed by atoms with van der Waals surface area (Å²) in [5.74, 6) is -6.13. The summed E-state index contributed by atoms with van der Waals surface area (Å²) < 4.78 is 19.7. The number of rotatable bonds is 5. The van der Waals surface area contributed by atoms with E-state index < -0.39 is 82.1 Å². The van der Waals surface area contributed by atoms with Gasteiger partial charge >= 0.3 is 5.79 Å². The summed E-state index contributed by atoms with van der Waals surface area (Å²) >= 11 is 0. The topological polar surface area (TPSA) is 242 Å². The van der Waals surface area contributed by atoms with Gasteiger partial charge in [-0.05, 0) is 45.3 Å². The first kappa shape index (κ1) is 49.9. The van der Waals surface area contributed by atoms with Gasteiger partial charge in [-0.1, -0.05) is 52.8 Å². The Bertz CT molecular complexity index is 2920. The number of hydrogen-bond donors (Lipinski definition) is 7. The van der Waals surface area contributed by atoms with Crippen LogP contribution in [0.3, 0.4) is 0 Å². The summed E-state index contributed by atoms with van der Waals surface area (Å²) in [5, 5.41) is 63.8. The van der Waals surface area contributed by atoms with Crippen molar-refractivity contribution in [3.05, 3.63) is 79.5 Å². The number of aromatic nitrogens is 2. The van der Waals surface area contributed by atoms with E-state index in [2.05, 4.69) is 15.5 Å². The number of aliphatic hydroxyl groups is 4. The number of piperidine rings is 1. The highest BCUT2D eigenvalue weighted by Gasteiger charge is 2.44. The van der Waals surface area contributed by atoms with Gasteiger partial charge in [-0.25, -0.2) is 4.98 Å².